The molecule has 0 aromatic heterocycles. The van der Waals surface area contributed by atoms with Crippen molar-refractivity contribution in [2.45, 2.75) is 19.8 Å². The lowest BCUT2D eigenvalue weighted by Crippen LogP contribution is -2.07. The van der Waals surface area contributed by atoms with Crippen molar-refractivity contribution < 1.29 is 14.3 Å². The highest BCUT2D eigenvalue weighted by Crippen LogP contribution is 2.32. The van der Waals surface area contributed by atoms with Crippen LogP contribution in [0.25, 0.3) is 6.08 Å². The summed E-state index contributed by atoms with van der Waals surface area (Å²) in [6.45, 7) is 4.53. The number of ether oxygens (including phenoxy) is 2. The molecule has 1 aliphatic rings. The molecule has 0 radical (unpaired) electrons. The third-order valence-corrected chi connectivity index (χ3v) is 3.67. The van der Waals surface area contributed by atoms with Crippen LogP contribution in [0.15, 0.2) is 48.5 Å². The monoisotopic (exact) mass is 309 g/mol. The van der Waals surface area contributed by atoms with Gasteiger partial charge < -0.3 is 14.8 Å². The number of rotatable bonds is 4. The van der Waals surface area contributed by atoms with Gasteiger partial charge in [-0.25, -0.2) is 0 Å². The summed E-state index contributed by atoms with van der Waals surface area (Å²) in [5, 5.41) is 2.85. The zero-order chi connectivity index (χ0) is 16.2. The van der Waals surface area contributed by atoms with Gasteiger partial charge in [-0.05, 0) is 47.4 Å². The lowest BCUT2D eigenvalue weighted by Gasteiger charge is -2.07. The fraction of sp³-hybridized carbons (Fsp3) is 0.211. The molecule has 2 aromatic carbocycles. The topological polar surface area (TPSA) is 47.6 Å². The van der Waals surface area contributed by atoms with Crippen molar-refractivity contribution in [1.82, 2.24) is 0 Å². The van der Waals surface area contributed by atoms with E-state index in [-0.39, 0.29) is 12.7 Å². The Bertz CT molecular complexity index is 733. The number of hydrogen-bond acceptors (Lipinski definition) is 3. The number of carbonyl (C=O) groups excluding carboxylic acids is 1. The summed E-state index contributed by atoms with van der Waals surface area (Å²) in [6.07, 6.45) is 3.26. The molecule has 0 unspecified atom stereocenters. The number of amides is 1. The number of hydrogen-bond donors (Lipinski definition) is 1. The average molecular weight is 309 g/mol. The number of anilines is 1. The van der Waals surface area contributed by atoms with E-state index in [1.165, 1.54) is 11.6 Å². The Morgan fingerprint density at radius 3 is 2.57 bits per heavy atom. The van der Waals surface area contributed by atoms with Crippen LogP contribution in [0.1, 0.15) is 30.9 Å². The maximum Gasteiger partial charge on any atom is 0.248 e. The zero-order valence-electron chi connectivity index (χ0n) is 13.2. The summed E-state index contributed by atoms with van der Waals surface area (Å²) in [7, 11) is 0. The molecule has 0 bridgehead atoms. The Kier molecular flexibility index (Phi) is 4.33. The highest BCUT2D eigenvalue weighted by atomic mass is 16.7. The van der Waals surface area contributed by atoms with Gasteiger partial charge in [-0.15, -0.1) is 0 Å². The molecule has 0 fully saturated rings. The predicted octanol–water partition coefficient (Wildman–Crippen LogP) is 4.19. The first kappa shape index (κ1) is 15.2. The minimum absolute atomic E-state index is 0.167. The summed E-state index contributed by atoms with van der Waals surface area (Å²) >= 11 is 0. The van der Waals surface area contributed by atoms with Gasteiger partial charge in [0.2, 0.25) is 12.7 Å². The number of fused-ring (bicyclic) bond motifs is 1. The summed E-state index contributed by atoms with van der Waals surface area (Å²) in [5.41, 5.74) is 2.92. The van der Waals surface area contributed by atoms with Crippen LogP contribution in [-0.4, -0.2) is 12.7 Å². The van der Waals surface area contributed by atoms with E-state index in [1.807, 2.05) is 42.5 Å². The Balaban J connectivity index is 1.62. The molecule has 1 amide bonds. The van der Waals surface area contributed by atoms with Gasteiger partial charge in [-0.1, -0.05) is 32.0 Å². The van der Waals surface area contributed by atoms with E-state index in [0.717, 1.165) is 17.0 Å². The molecular weight excluding hydrogens is 290 g/mol. The van der Waals surface area contributed by atoms with Gasteiger partial charge in [0, 0.05) is 11.8 Å². The van der Waals surface area contributed by atoms with Crippen molar-refractivity contribution >= 4 is 17.7 Å². The first-order valence-electron chi connectivity index (χ1n) is 7.60. The number of benzene rings is 2. The molecule has 23 heavy (non-hydrogen) atoms. The molecule has 1 heterocycles. The van der Waals surface area contributed by atoms with Crippen LogP contribution in [-0.2, 0) is 4.79 Å². The highest BCUT2D eigenvalue weighted by Gasteiger charge is 2.12. The Labute approximate surface area is 135 Å². The first-order valence-corrected chi connectivity index (χ1v) is 7.60. The van der Waals surface area contributed by atoms with Crippen LogP contribution in [0.2, 0.25) is 0 Å². The van der Waals surface area contributed by atoms with Crippen molar-refractivity contribution in [3.05, 3.63) is 59.7 Å². The van der Waals surface area contributed by atoms with Crippen LogP contribution in [0.3, 0.4) is 0 Å². The van der Waals surface area contributed by atoms with E-state index >= 15 is 0 Å². The molecule has 0 aliphatic carbocycles. The average Bonchev–Trinajstić information content (AvgIpc) is 3.01. The maximum atomic E-state index is 12.0. The van der Waals surface area contributed by atoms with Crippen LogP contribution in [0.4, 0.5) is 5.69 Å². The molecular formula is C19H19NO3. The van der Waals surface area contributed by atoms with Crippen LogP contribution >= 0.6 is 0 Å². The Morgan fingerprint density at radius 2 is 1.83 bits per heavy atom. The molecule has 4 heteroatoms. The van der Waals surface area contributed by atoms with E-state index in [9.17, 15) is 4.79 Å². The second kappa shape index (κ2) is 6.57. The lowest BCUT2D eigenvalue weighted by atomic mass is 10.0. The first-order chi connectivity index (χ1) is 11.1. The van der Waals surface area contributed by atoms with Gasteiger partial charge in [0.15, 0.2) is 11.5 Å². The molecule has 1 aliphatic heterocycles. The van der Waals surface area contributed by atoms with Crippen molar-refractivity contribution in [2.75, 3.05) is 12.1 Å². The van der Waals surface area contributed by atoms with Gasteiger partial charge in [0.1, 0.15) is 0 Å². The van der Waals surface area contributed by atoms with Crippen molar-refractivity contribution in [3.63, 3.8) is 0 Å². The third-order valence-electron chi connectivity index (χ3n) is 3.67. The fourth-order valence-corrected chi connectivity index (χ4v) is 2.32. The summed E-state index contributed by atoms with van der Waals surface area (Å²) in [4.78, 5) is 12.0. The molecule has 0 saturated heterocycles. The number of carbonyl (C=O) groups is 1. The molecule has 4 nitrogen and oxygen atoms in total. The SMILES string of the molecule is CC(C)c1ccc(NC(=O)/C=C/c2ccc3c(c2)OCO3)cc1. The Hall–Kier alpha value is -2.75. The smallest absolute Gasteiger partial charge is 0.248 e. The van der Waals surface area contributed by atoms with Crippen LogP contribution < -0.4 is 14.8 Å². The van der Waals surface area contributed by atoms with Crippen LogP contribution in [0.5, 0.6) is 11.5 Å². The molecule has 0 spiro atoms. The van der Waals surface area contributed by atoms with E-state index < -0.39 is 0 Å². The molecule has 118 valence electrons. The molecule has 1 N–H and O–H groups in total. The molecule has 3 rings (SSSR count). The van der Waals surface area contributed by atoms with E-state index in [1.54, 1.807) is 6.08 Å². The van der Waals surface area contributed by atoms with Crippen molar-refractivity contribution in [3.8, 4) is 11.5 Å². The normalized spacial score (nSPS) is 12.8. The summed E-state index contributed by atoms with van der Waals surface area (Å²) in [6, 6.07) is 13.5. The summed E-state index contributed by atoms with van der Waals surface area (Å²) in [5.74, 6) is 1.75. The predicted molar refractivity (Wildman–Crippen MR) is 90.8 cm³/mol. The van der Waals surface area contributed by atoms with Gasteiger partial charge >= 0.3 is 0 Å². The fourth-order valence-electron chi connectivity index (χ4n) is 2.32. The summed E-state index contributed by atoms with van der Waals surface area (Å²) < 4.78 is 10.6. The van der Waals surface area contributed by atoms with Gasteiger partial charge in [0.05, 0.1) is 0 Å². The van der Waals surface area contributed by atoms with Crippen LogP contribution in [0, 0.1) is 0 Å². The Morgan fingerprint density at radius 1 is 1.09 bits per heavy atom. The standard InChI is InChI=1S/C19H19NO3/c1-13(2)15-5-7-16(8-6-15)20-19(21)10-4-14-3-9-17-18(11-14)23-12-22-17/h3-11,13H,12H2,1-2H3,(H,20,21)/b10-4+. The minimum atomic E-state index is -0.167. The molecule has 0 saturated carbocycles. The minimum Gasteiger partial charge on any atom is -0.454 e. The molecule has 0 atom stereocenters. The van der Waals surface area contributed by atoms with Crippen molar-refractivity contribution in [1.29, 1.82) is 0 Å². The van der Waals surface area contributed by atoms with Gasteiger partial charge in [-0.2, -0.15) is 0 Å². The largest absolute Gasteiger partial charge is 0.454 e. The van der Waals surface area contributed by atoms with Crippen molar-refractivity contribution in [2.24, 2.45) is 0 Å². The lowest BCUT2D eigenvalue weighted by molar-refractivity contribution is -0.111. The second-order valence-corrected chi connectivity index (χ2v) is 5.71. The van der Waals surface area contributed by atoms with E-state index in [4.69, 9.17) is 9.47 Å². The van der Waals surface area contributed by atoms with Gasteiger partial charge in [-0.3, -0.25) is 4.79 Å². The van der Waals surface area contributed by atoms with E-state index in [2.05, 4.69) is 19.2 Å². The third kappa shape index (κ3) is 3.72. The van der Waals surface area contributed by atoms with E-state index in [0.29, 0.717) is 11.7 Å². The van der Waals surface area contributed by atoms with Gasteiger partial charge in [0.25, 0.3) is 0 Å². The number of nitrogens with one attached hydrogen (secondary N) is 1. The highest BCUT2D eigenvalue weighted by molar-refractivity contribution is 6.01. The zero-order valence-corrected chi connectivity index (χ0v) is 13.2. The quantitative estimate of drug-likeness (QED) is 0.861. The molecule has 2 aromatic rings. The second-order valence-electron chi connectivity index (χ2n) is 5.71. The maximum absolute atomic E-state index is 12.0.